The summed E-state index contributed by atoms with van der Waals surface area (Å²) in [6.07, 6.45) is 2.48. The Morgan fingerprint density at radius 3 is 2.50 bits per heavy atom. The van der Waals surface area contributed by atoms with Gasteiger partial charge < -0.3 is 9.47 Å². The highest BCUT2D eigenvalue weighted by Gasteiger charge is 2.25. The summed E-state index contributed by atoms with van der Waals surface area (Å²) in [5.74, 6) is -1.43. The lowest BCUT2D eigenvalue weighted by Crippen LogP contribution is -2.19. The number of carbonyl (C=O) groups is 3. The van der Waals surface area contributed by atoms with Crippen LogP contribution in [-0.4, -0.2) is 42.4 Å². The van der Waals surface area contributed by atoms with Gasteiger partial charge in [-0.05, 0) is 48.9 Å². The molecule has 164 valence electrons. The predicted octanol–water partition coefficient (Wildman–Crippen LogP) is 3.53. The molecule has 2 aromatic carbocycles. The van der Waals surface area contributed by atoms with Crippen LogP contribution in [0.5, 0.6) is 0 Å². The fourth-order valence-corrected chi connectivity index (χ4v) is 3.46. The van der Waals surface area contributed by atoms with E-state index in [0.717, 1.165) is 34.5 Å². The largest absolute Gasteiger partial charge is 0.466 e. The summed E-state index contributed by atoms with van der Waals surface area (Å²) in [5.41, 5.74) is 3.07. The molecule has 0 bridgehead atoms. The summed E-state index contributed by atoms with van der Waals surface area (Å²) in [7, 11) is 1.23. The van der Waals surface area contributed by atoms with Crippen LogP contribution in [0.4, 0.5) is 0 Å². The summed E-state index contributed by atoms with van der Waals surface area (Å²) in [6, 6.07) is 14.7. The molecule has 1 N–H and O–H groups in total. The standard InChI is InChI=1S/C23H21N3O5S/c1-14(2)31-22(29)16-10-8-15(9-11-16)18-7-5-4-6-17(18)13-24-26-23-25-21(28)19(32-23)12-20(27)30-3/h4-14H,1-3H3,(H,25,26,28)/b19-12+,24-13?. The van der Waals surface area contributed by atoms with Crippen molar-refractivity contribution in [2.75, 3.05) is 7.11 Å². The molecule has 8 nitrogen and oxygen atoms in total. The van der Waals surface area contributed by atoms with Crippen molar-refractivity contribution in [1.82, 2.24) is 5.32 Å². The van der Waals surface area contributed by atoms with Gasteiger partial charge in [0.05, 0.1) is 29.9 Å². The number of amides is 1. The third-order valence-corrected chi connectivity index (χ3v) is 5.08. The van der Waals surface area contributed by atoms with Crippen LogP contribution in [0.25, 0.3) is 11.1 Å². The molecule has 3 rings (SSSR count). The van der Waals surface area contributed by atoms with Crippen LogP contribution < -0.4 is 5.32 Å². The van der Waals surface area contributed by atoms with Crippen LogP contribution in [0.2, 0.25) is 0 Å². The molecule has 0 saturated carbocycles. The fourth-order valence-electron chi connectivity index (χ4n) is 2.73. The third kappa shape index (κ3) is 5.92. The second-order valence-electron chi connectivity index (χ2n) is 6.86. The van der Waals surface area contributed by atoms with Crippen LogP contribution in [0.15, 0.2) is 69.7 Å². The summed E-state index contributed by atoms with van der Waals surface area (Å²) < 4.78 is 9.74. The fraction of sp³-hybridized carbons (Fsp3) is 0.174. The minimum Gasteiger partial charge on any atom is -0.466 e. The lowest BCUT2D eigenvalue weighted by molar-refractivity contribution is -0.135. The van der Waals surface area contributed by atoms with Crippen molar-refractivity contribution in [3.05, 3.63) is 70.6 Å². The van der Waals surface area contributed by atoms with Gasteiger partial charge in [0.1, 0.15) is 0 Å². The van der Waals surface area contributed by atoms with E-state index in [1.165, 1.54) is 7.11 Å². The first kappa shape index (κ1) is 23.0. The molecule has 2 aromatic rings. The Morgan fingerprint density at radius 1 is 1.09 bits per heavy atom. The van der Waals surface area contributed by atoms with E-state index in [1.807, 2.05) is 36.4 Å². The van der Waals surface area contributed by atoms with Crippen LogP contribution in [0.3, 0.4) is 0 Å². The molecular formula is C23H21N3O5S. The molecule has 0 unspecified atom stereocenters. The second-order valence-corrected chi connectivity index (χ2v) is 7.89. The van der Waals surface area contributed by atoms with E-state index in [9.17, 15) is 14.4 Å². The Bertz CT molecular complexity index is 1120. The van der Waals surface area contributed by atoms with Crippen molar-refractivity contribution in [2.24, 2.45) is 10.2 Å². The maximum Gasteiger partial charge on any atom is 0.338 e. The molecule has 0 spiro atoms. The Hall–Kier alpha value is -3.72. The molecular weight excluding hydrogens is 430 g/mol. The highest BCUT2D eigenvalue weighted by molar-refractivity contribution is 8.18. The SMILES string of the molecule is COC(=O)/C=C1/S/C(=N\N=Cc2ccccc2-c2ccc(C(=O)OC(C)C)cc2)NC1=O. The molecule has 1 heterocycles. The second kappa shape index (κ2) is 10.5. The molecule has 1 saturated heterocycles. The van der Waals surface area contributed by atoms with Crippen molar-refractivity contribution in [1.29, 1.82) is 0 Å². The van der Waals surface area contributed by atoms with Crippen LogP contribution in [0.1, 0.15) is 29.8 Å². The Morgan fingerprint density at radius 2 is 1.81 bits per heavy atom. The predicted molar refractivity (Wildman–Crippen MR) is 123 cm³/mol. The van der Waals surface area contributed by atoms with Crippen LogP contribution in [-0.2, 0) is 19.1 Å². The number of methoxy groups -OCH3 is 1. The zero-order valence-electron chi connectivity index (χ0n) is 17.7. The minimum absolute atomic E-state index is 0.183. The van der Waals surface area contributed by atoms with Gasteiger partial charge in [0.15, 0.2) is 5.17 Å². The number of hydrogen-bond acceptors (Lipinski definition) is 8. The number of esters is 2. The first-order valence-electron chi connectivity index (χ1n) is 9.67. The highest BCUT2D eigenvalue weighted by atomic mass is 32.2. The van der Waals surface area contributed by atoms with Crippen LogP contribution in [0, 0.1) is 0 Å². The smallest absolute Gasteiger partial charge is 0.338 e. The number of nitrogens with zero attached hydrogens (tertiary/aromatic N) is 2. The number of carbonyl (C=O) groups excluding carboxylic acids is 3. The van der Waals surface area contributed by atoms with Crippen molar-refractivity contribution < 1.29 is 23.9 Å². The highest BCUT2D eigenvalue weighted by Crippen LogP contribution is 2.25. The van der Waals surface area contributed by atoms with Crippen molar-refractivity contribution in [3.8, 4) is 11.1 Å². The summed E-state index contributed by atoms with van der Waals surface area (Å²) in [4.78, 5) is 35.4. The van der Waals surface area contributed by atoms with E-state index in [-0.39, 0.29) is 22.1 Å². The first-order chi connectivity index (χ1) is 15.4. The first-order valence-corrected chi connectivity index (χ1v) is 10.5. The molecule has 32 heavy (non-hydrogen) atoms. The number of nitrogens with one attached hydrogen (secondary N) is 1. The number of thioether (sulfide) groups is 1. The van der Waals surface area contributed by atoms with E-state index in [0.29, 0.717) is 5.56 Å². The van der Waals surface area contributed by atoms with Gasteiger partial charge in [-0.3, -0.25) is 10.1 Å². The summed E-state index contributed by atoms with van der Waals surface area (Å²) in [6.45, 7) is 3.61. The topological polar surface area (TPSA) is 106 Å². The van der Waals surface area contributed by atoms with Gasteiger partial charge in [-0.15, -0.1) is 5.10 Å². The average Bonchev–Trinajstić information content (AvgIpc) is 3.12. The molecule has 1 aliphatic rings. The van der Waals surface area contributed by atoms with E-state index >= 15 is 0 Å². The Balaban J connectivity index is 1.76. The molecule has 0 atom stereocenters. The lowest BCUT2D eigenvalue weighted by atomic mass is 9.99. The summed E-state index contributed by atoms with van der Waals surface area (Å²) >= 11 is 0.999. The monoisotopic (exact) mass is 451 g/mol. The Kier molecular flexibility index (Phi) is 7.56. The number of amidine groups is 1. The number of rotatable bonds is 6. The van der Waals surface area contributed by atoms with Crippen molar-refractivity contribution >= 4 is 41.0 Å². The van der Waals surface area contributed by atoms with Gasteiger partial charge in [-0.1, -0.05) is 36.4 Å². The van der Waals surface area contributed by atoms with Gasteiger partial charge in [0.2, 0.25) is 0 Å². The van der Waals surface area contributed by atoms with E-state index < -0.39 is 11.9 Å². The van der Waals surface area contributed by atoms with E-state index in [4.69, 9.17) is 4.74 Å². The Labute approximate surface area is 189 Å². The molecule has 1 aliphatic heterocycles. The number of ether oxygens (including phenoxy) is 2. The minimum atomic E-state index is -0.621. The third-order valence-electron chi connectivity index (χ3n) is 4.18. The number of benzene rings is 2. The average molecular weight is 452 g/mol. The molecule has 0 aromatic heterocycles. The van der Waals surface area contributed by atoms with Gasteiger partial charge in [-0.25, -0.2) is 9.59 Å². The molecule has 1 amide bonds. The van der Waals surface area contributed by atoms with Gasteiger partial charge in [-0.2, -0.15) is 5.10 Å². The molecule has 0 radical (unpaired) electrons. The maximum atomic E-state index is 12.0. The maximum absolute atomic E-state index is 12.0. The van der Waals surface area contributed by atoms with Gasteiger partial charge in [0.25, 0.3) is 5.91 Å². The van der Waals surface area contributed by atoms with Crippen molar-refractivity contribution in [3.63, 3.8) is 0 Å². The molecule has 9 heteroatoms. The van der Waals surface area contributed by atoms with Crippen LogP contribution >= 0.6 is 11.8 Å². The van der Waals surface area contributed by atoms with E-state index in [1.54, 1.807) is 32.2 Å². The normalized spacial score (nSPS) is 16.1. The summed E-state index contributed by atoms with van der Waals surface area (Å²) in [5, 5.41) is 10.9. The van der Waals surface area contributed by atoms with Crippen molar-refractivity contribution in [2.45, 2.75) is 20.0 Å². The van der Waals surface area contributed by atoms with Gasteiger partial charge in [0, 0.05) is 11.6 Å². The molecule has 0 aliphatic carbocycles. The zero-order valence-corrected chi connectivity index (χ0v) is 18.5. The number of hydrogen-bond donors (Lipinski definition) is 1. The zero-order chi connectivity index (χ0) is 23.1. The van der Waals surface area contributed by atoms with Gasteiger partial charge >= 0.3 is 11.9 Å². The van der Waals surface area contributed by atoms with E-state index in [2.05, 4.69) is 20.3 Å². The quantitative estimate of drug-likeness (QED) is 0.312. The lowest BCUT2D eigenvalue weighted by Gasteiger charge is -2.09. The molecule has 1 fully saturated rings.